The van der Waals surface area contributed by atoms with Gasteiger partial charge in [-0.15, -0.1) is 5.10 Å². The monoisotopic (exact) mass is 393 g/mol. The van der Waals surface area contributed by atoms with Crippen LogP contribution >= 0.6 is 23.2 Å². The number of amides is 1. The number of nitrogens with zero attached hydrogens (tertiary/aromatic N) is 2. The van der Waals surface area contributed by atoms with Crippen LogP contribution < -0.4 is 14.8 Å². The molecule has 0 fully saturated rings. The number of carbonyl (C=O) groups excluding carboxylic acids is 1. The lowest BCUT2D eigenvalue weighted by atomic mass is 10.2. The molecule has 0 spiro atoms. The molecule has 1 N–H and O–H groups in total. The largest absolute Gasteiger partial charge is 0.497 e. The minimum atomic E-state index is -0.475. The number of methoxy groups -OCH3 is 1. The van der Waals surface area contributed by atoms with Gasteiger partial charge in [-0.2, -0.15) is 0 Å². The summed E-state index contributed by atoms with van der Waals surface area (Å²) in [4.78, 5) is 12.0. The van der Waals surface area contributed by atoms with Gasteiger partial charge in [-0.1, -0.05) is 34.4 Å². The SMILES string of the molecule is COc1cccc(-c2nnc(NC(=O)COc3ccc(Cl)cc3Cl)o2)c1. The smallest absolute Gasteiger partial charge is 0.322 e. The van der Waals surface area contributed by atoms with E-state index in [1.54, 1.807) is 43.5 Å². The van der Waals surface area contributed by atoms with Gasteiger partial charge in [0, 0.05) is 10.6 Å². The fraction of sp³-hybridized carbons (Fsp3) is 0.118. The molecule has 0 aliphatic heterocycles. The van der Waals surface area contributed by atoms with Crippen molar-refractivity contribution in [2.45, 2.75) is 0 Å². The van der Waals surface area contributed by atoms with Crippen molar-refractivity contribution in [1.82, 2.24) is 10.2 Å². The molecule has 0 saturated carbocycles. The van der Waals surface area contributed by atoms with E-state index in [1.165, 1.54) is 6.07 Å². The minimum absolute atomic E-state index is 0.0429. The van der Waals surface area contributed by atoms with Gasteiger partial charge in [0.15, 0.2) is 6.61 Å². The Balaban J connectivity index is 1.60. The van der Waals surface area contributed by atoms with E-state index < -0.39 is 5.91 Å². The highest BCUT2D eigenvalue weighted by molar-refractivity contribution is 6.35. The molecule has 0 saturated heterocycles. The number of aromatic nitrogens is 2. The quantitative estimate of drug-likeness (QED) is 0.678. The first-order chi connectivity index (χ1) is 12.5. The van der Waals surface area contributed by atoms with Gasteiger partial charge in [0.25, 0.3) is 5.91 Å². The van der Waals surface area contributed by atoms with E-state index in [4.69, 9.17) is 37.1 Å². The van der Waals surface area contributed by atoms with Gasteiger partial charge in [0.2, 0.25) is 5.89 Å². The van der Waals surface area contributed by atoms with Crippen molar-refractivity contribution in [3.8, 4) is 23.0 Å². The number of ether oxygens (including phenoxy) is 2. The fourth-order valence-corrected chi connectivity index (χ4v) is 2.50. The highest BCUT2D eigenvalue weighted by atomic mass is 35.5. The summed E-state index contributed by atoms with van der Waals surface area (Å²) in [6, 6.07) is 11.8. The number of benzene rings is 2. The highest BCUT2D eigenvalue weighted by Crippen LogP contribution is 2.27. The van der Waals surface area contributed by atoms with Crippen molar-refractivity contribution in [3.63, 3.8) is 0 Å². The summed E-state index contributed by atoms with van der Waals surface area (Å²) in [6.45, 7) is -0.280. The number of hydrogen-bond donors (Lipinski definition) is 1. The van der Waals surface area contributed by atoms with Crippen LogP contribution in [-0.2, 0) is 4.79 Å². The Bertz CT molecular complexity index is 930. The van der Waals surface area contributed by atoms with Gasteiger partial charge < -0.3 is 13.9 Å². The molecule has 7 nitrogen and oxygen atoms in total. The normalized spacial score (nSPS) is 10.4. The third kappa shape index (κ3) is 4.44. The second-order valence-electron chi connectivity index (χ2n) is 5.06. The molecule has 0 atom stereocenters. The molecule has 0 unspecified atom stereocenters. The summed E-state index contributed by atoms with van der Waals surface area (Å²) in [5.74, 6) is 0.770. The predicted octanol–water partition coefficient (Wildman–Crippen LogP) is 4.07. The number of nitrogens with one attached hydrogen (secondary N) is 1. The van der Waals surface area contributed by atoms with E-state index >= 15 is 0 Å². The van der Waals surface area contributed by atoms with Crippen molar-refractivity contribution in [3.05, 3.63) is 52.5 Å². The van der Waals surface area contributed by atoms with Crippen molar-refractivity contribution in [2.75, 3.05) is 19.0 Å². The Morgan fingerprint density at radius 3 is 2.81 bits per heavy atom. The molecule has 0 bridgehead atoms. The number of carbonyl (C=O) groups is 1. The van der Waals surface area contributed by atoms with E-state index in [2.05, 4.69) is 15.5 Å². The Morgan fingerprint density at radius 1 is 1.19 bits per heavy atom. The van der Waals surface area contributed by atoms with Gasteiger partial charge in [-0.3, -0.25) is 10.1 Å². The van der Waals surface area contributed by atoms with Crippen LogP contribution in [0.5, 0.6) is 11.5 Å². The van der Waals surface area contributed by atoms with Crippen LogP contribution in [0, 0.1) is 0 Å². The van der Waals surface area contributed by atoms with Crippen molar-refractivity contribution in [1.29, 1.82) is 0 Å². The Hall–Kier alpha value is -2.77. The van der Waals surface area contributed by atoms with E-state index in [0.29, 0.717) is 27.1 Å². The summed E-state index contributed by atoms with van der Waals surface area (Å²) in [5, 5.41) is 10.9. The Kier molecular flexibility index (Phi) is 5.60. The molecule has 134 valence electrons. The number of anilines is 1. The lowest BCUT2D eigenvalue weighted by molar-refractivity contribution is -0.118. The lowest BCUT2D eigenvalue weighted by Crippen LogP contribution is -2.20. The average Bonchev–Trinajstić information content (AvgIpc) is 3.09. The van der Waals surface area contributed by atoms with Gasteiger partial charge in [0.05, 0.1) is 12.1 Å². The molecule has 9 heteroatoms. The molecule has 1 amide bonds. The van der Waals surface area contributed by atoms with Crippen molar-refractivity contribution >= 4 is 35.1 Å². The lowest BCUT2D eigenvalue weighted by Gasteiger charge is -2.07. The highest BCUT2D eigenvalue weighted by Gasteiger charge is 2.13. The Morgan fingerprint density at radius 2 is 2.04 bits per heavy atom. The molecule has 0 radical (unpaired) electrons. The third-order valence-corrected chi connectivity index (χ3v) is 3.77. The van der Waals surface area contributed by atoms with Crippen LogP contribution in [0.3, 0.4) is 0 Å². The second-order valence-corrected chi connectivity index (χ2v) is 5.90. The molecule has 2 aromatic carbocycles. The van der Waals surface area contributed by atoms with E-state index in [0.717, 1.165) is 0 Å². The molecule has 0 aliphatic carbocycles. The van der Waals surface area contributed by atoms with Gasteiger partial charge >= 0.3 is 6.01 Å². The second kappa shape index (κ2) is 8.07. The van der Waals surface area contributed by atoms with Crippen LogP contribution in [0.15, 0.2) is 46.9 Å². The molecular formula is C17H13Cl2N3O4. The van der Waals surface area contributed by atoms with Crippen LogP contribution in [-0.4, -0.2) is 29.8 Å². The first-order valence-electron chi connectivity index (χ1n) is 7.41. The average molecular weight is 394 g/mol. The summed E-state index contributed by atoms with van der Waals surface area (Å²) in [5.41, 5.74) is 0.668. The molecule has 1 aromatic heterocycles. The molecule has 3 aromatic rings. The molecule has 1 heterocycles. The van der Waals surface area contributed by atoms with E-state index in [9.17, 15) is 4.79 Å². The van der Waals surface area contributed by atoms with Crippen LogP contribution in [0.25, 0.3) is 11.5 Å². The number of halogens is 2. The first kappa shape index (κ1) is 18.0. The van der Waals surface area contributed by atoms with Crippen molar-refractivity contribution in [2.24, 2.45) is 0 Å². The molecule has 26 heavy (non-hydrogen) atoms. The maximum Gasteiger partial charge on any atom is 0.322 e. The minimum Gasteiger partial charge on any atom is -0.497 e. The predicted molar refractivity (Wildman–Crippen MR) is 96.9 cm³/mol. The Labute approximate surface area is 158 Å². The summed E-state index contributed by atoms with van der Waals surface area (Å²) in [6.07, 6.45) is 0. The fourth-order valence-electron chi connectivity index (χ4n) is 2.04. The van der Waals surface area contributed by atoms with Gasteiger partial charge in [-0.05, 0) is 36.4 Å². The zero-order valence-corrected chi connectivity index (χ0v) is 15.0. The van der Waals surface area contributed by atoms with Crippen LogP contribution in [0.4, 0.5) is 6.01 Å². The van der Waals surface area contributed by atoms with E-state index in [-0.39, 0.29) is 18.5 Å². The maximum atomic E-state index is 12.0. The number of rotatable bonds is 6. The van der Waals surface area contributed by atoms with Gasteiger partial charge in [0.1, 0.15) is 11.5 Å². The zero-order chi connectivity index (χ0) is 18.5. The standard InChI is InChI=1S/C17H13Cl2N3O4/c1-24-12-4-2-3-10(7-12)16-21-22-17(26-16)20-15(23)9-25-14-6-5-11(18)8-13(14)19/h2-8H,9H2,1H3,(H,20,22,23). The maximum absolute atomic E-state index is 12.0. The summed E-state index contributed by atoms with van der Waals surface area (Å²) < 4.78 is 15.9. The first-order valence-corrected chi connectivity index (χ1v) is 8.16. The van der Waals surface area contributed by atoms with Crippen LogP contribution in [0.1, 0.15) is 0 Å². The van der Waals surface area contributed by atoms with Crippen LogP contribution in [0.2, 0.25) is 10.0 Å². The third-order valence-electron chi connectivity index (χ3n) is 3.24. The topological polar surface area (TPSA) is 86.5 Å². The summed E-state index contributed by atoms with van der Waals surface area (Å²) in [7, 11) is 1.56. The molecular weight excluding hydrogens is 381 g/mol. The molecule has 0 aliphatic rings. The summed E-state index contributed by atoms with van der Waals surface area (Å²) >= 11 is 11.8. The van der Waals surface area contributed by atoms with Gasteiger partial charge in [-0.25, -0.2) is 0 Å². The zero-order valence-electron chi connectivity index (χ0n) is 13.5. The number of hydrogen-bond acceptors (Lipinski definition) is 6. The molecule has 3 rings (SSSR count). The van der Waals surface area contributed by atoms with Crippen molar-refractivity contribution < 1.29 is 18.7 Å². The van der Waals surface area contributed by atoms with E-state index in [1.807, 2.05) is 0 Å².